The molecule has 5 heteroatoms. The molecule has 124 valence electrons. The summed E-state index contributed by atoms with van der Waals surface area (Å²) in [7, 11) is 3.33. The van der Waals surface area contributed by atoms with Gasteiger partial charge < -0.3 is 14.0 Å². The van der Waals surface area contributed by atoms with Gasteiger partial charge in [-0.2, -0.15) is 0 Å². The Balaban J connectivity index is 1.79. The molecule has 0 saturated heterocycles. The van der Waals surface area contributed by atoms with Gasteiger partial charge in [0.1, 0.15) is 11.5 Å². The molecule has 0 aliphatic heterocycles. The zero-order valence-corrected chi connectivity index (χ0v) is 14.6. The predicted octanol–water partition coefficient (Wildman–Crippen LogP) is 4.27. The van der Waals surface area contributed by atoms with Gasteiger partial charge in [0.2, 0.25) is 0 Å². The number of ether oxygens (including phenoxy) is 2. The Morgan fingerprint density at radius 3 is 2.46 bits per heavy atom. The Morgan fingerprint density at radius 2 is 1.75 bits per heavy atom. The molecule has 0 aliphatic rings. The molecule has 3 rings (SSSR count). The van der Waals surface area contributed by atoms with Gasteiger partial charge >= 0.3 is 0 Å². The molecule has 0 unspecified atom stereocenters. The summed E-state index contributed by atoms with van der Waals surface area (Å²) in [6.07, 6.45) is 4.86. The number of hydrogen-bond donors (Lipinski definition) is 0. The SMILES string of the molecule is COc1ccc(CCn2ccn(-c3ccccc3)c2=S)c(OC)c1. The lowest BCUT2D eigenvalue weighted by molar-refractivity contribution is 0.390. The van der Waals surface area contributed by atoms with Gasteiger partial charge in [0.05, 0.1) is 14.2 Å². The van der Waals surface area contributed by atoms with E-state index in [-0.39, 0.29) is 0 Å². The van der Waals surface area contributed by atoms with Crippen molar-refractivity contribution in [3.8, 4) is 17.2 Å². The minimum absolute atomic E-state index is 0.786. The molecule has 0 radical (unpaired) electrons. The van der Waals surface area contributed by atoms with Gasteiger partial charge in [0, 0.05) is 30.7 Å². The minimum atomic E-state index is 0.786. The summed E-state index contributed by atoms with van der Waals surface area (Å²) in [5.74, 6) is 1.63. The van der Waals surface area contributed by atoms with Crippen LogP contribution in [-0.4, -0.2) is 23.4 Å². The lowest BCUT2D eigenvalue weighted by Crippen LogP contribution is -2.03. The molecule has 0 atom stereocenters. The van der Waals surface area contributed by atoms with E-state index in [1.54, 1.807) is 14.2 Å². The van der Waals surface area contributed by atoms with Crippen LogP contribution in [-0.2, 0) is 13.0 Å². The zero-order valence-electron chi connectivity index (χ0n) is 13.8. The monoisotopic (exact) mass is 340 g/mol. The normalized spacial score (nSPS) is 10.6. The number of hydrogen-bond acceptors (Lipinski definition) is 3. The second-order valence-corrected chi connectivity index (χ2v) is 5.77. The number of aromatic nitrogens is 2. The summed E-state index contributed by atoms with van der Waals surface area (Å²) >= 11 is 5.60. The molecule has 0 amide bonds. The van der Waals surface area contributed by atoms with Gasteiger partial charge in [-0.1, -0.05) is 24.3 Å². The number of para-hydroxylation sites is 1. The number of rotatable bonds is 6. The molecule has 24 heavy (non-hydrogen) atoms. The molecule has 4 nitrogen and oxygen atoms in total. The van der Waals surface area contributed by atoms with Crippen molar-refractivity contribution in [1.29, 1.82) is 0 Å². The smallest absolute Gasteiger partial charge is 0.184 e. The maximum absolute atomic E-state index is 5.60. The molecule has 0 spiro atoms. The molecule has 0 N–H and O–H groups in total. The average molecular weight is 340 g/mol. The van der Waals surface area contributed by atoms with Crippen LogP contribution in [0.5, 0.6) is 11.5 Å². The first-order valence-electron chi connectivity index (χ1n) is 7.77. The van der Waals surface area contributed by atoms with Gasteiger partial charge in [-0.25, -0.2) is 0 Å². The first kappa shape index (κ1) is 16.3. The van der Waals surface area contributed by atoms with Crippen molar-refractivity contribution in [2.24, 2.45) is 0 Å². The van der Waals surface area contributed by atoms with E-state index in [9.17, 15) is 0 Å². The van der Waals surface area contributed by atoms with Crippen molar-refractivity contribution in [3.05, 3.63) is 71.3 Å². The van der Waals surface area contributed by atoms with Crippen LogP contribution in [0.4, 0.5) is 0 Å². The van der Waals surface area contributed by atoms with Gasteiger partial charge in [0.25, 0.3) is 0 Å². The Bertz CT molecular complexity index is 869. The van der Waals surface area contributed by atoms with E-state index in [2.05, 4.69) is 4.57 Å². The van der Waals surface area contributed by atoms with Crippen LogP contribution in [0.3, 0.4) is 0 Å². The lowest BCUT2D eigenvalue weighted by atomic mass is 10.1. The molecule has 0 saturated carbocycles. The van der Waals surface area contributed by atoms with Gasteiger partial charge in [-0.15, -0.1) is 0 Å². The van der Waals surface area contributed by atoms with Gasteiger partial charge in [-0.05, 0) is 42.4 Å². The Labute approximate surface area is 146 Å². The molecule has 1 aromatic heterocycles. The number of methoxy groups -OCH3 is 2. The van der Waals surface area contributed by atoms with E-state index >= 15 is 0 Å². The summed E-state index contributed by atoms with van der Waals surface area (Å²) in [6.45, 7) is 0.793. The molecular weight excluding hydrogens is 320 g/mol. The summed E-state index contributed by atoms with van der Waals surface area (Å²) in [5.41, 5.74) is 2.20. The highest BCUT2D eigenvalue weighted by atomic mass is 32.1. The molecule has 0 aliphatic carbocycles. The van der Waals surface area contributed by atoms with Crippen LogP contribution in [0, 0.1) is 4.77 Å². The first-order chi connectivity index (χ1) is 11.7. The molecular formula is C19H20N2O2S. The second kappa shape index (κ2) is 7.36. The van der Waals surface area contributed by atoms with Crippen LogP contribution in [0.2, 0.25) is 0 Å². The quantitative estimate of drug-likeness (QED) is 0.628. The maximum atomic E-state index is 5.60. The zero-order chi connectivity index (χ0) is 16.9. The maximum Gasteiger partial charge on any atom is 0.184 e. The van der Waals surface area contributed by atoms with Crippen LogP contribution < -0.4 is 9.47 Å². The van der Waals surface area contributed by atoms with Gasteiger partial charge in [0.15, 0.2) is 4.77 Å². The van der Waals surface area contributed by atoms with Crippen molar-refractivity contribution in [3.63, 3.8) is 0 Å². The topological polar surface area (TPSA) is 28.3 Å². The Kier molecular flexibility index (Phi) is 5.01. The Morgan fingerprint density at radius 1 is 0.958 bits per heavy atom. The van der Waals surface area contributed by atoms with E-state index in [0.29, 0.717) is 0 Å². The highest BCUT2D eigenvalue weighted by Crippen LogP contribution is 2.25. The number of nitrogens with zero attached hydrogens (tertiary/aromatic N) is 2. The minimum Gasteiger partial charge on any atom is -0.497 e. The summed E-state index contributed by atoms with van der Waals surface area (Å²) in [6, 6.07) is 16.0. The standard InChI is InChI=1S/C19H20N2O2S/c1-22-17-9-8-15(18(14-17)23-2)10-11-20-12-13-21(19(20)24)16-6-4-3-5-7-16/h3-9,12-14H,10-11H2,1-2H3. The van der Waals surface area contributed by atoms with E-state index in [0.717, 1.165) is 40.5 Å². The molecule has 0 bridgehead atoms. The lowest BCUT2D eigenvalue weighted by Gasteiger charge is -2.11. The summed E-state index contributed by atoms with van der Waals surface area (Å²) in [5, 5.41) is 0. The van der Waals surface area contributed by atoms with E-state index < -0.39 is 0 Å². The molecule has 1 heterocycles. The largest absolute Gasteiger partial charge is 0.497 e. The van der Waals surface area contributed by atoms with E-state index in [1.165, 1.54) is 0 Å². The number of benzene rings is 2. The van der Waals surface area contributed by atoms with Crippen molar-refractivity contribution in [1.82, 2.24) is 9.13 Å². The van der Waals surface area contributed by atoms with Gasteiger partial charge in [-0.3, -0.25) is 4.57 Å². The highest BCUT2D eigenvalue weighted by molar-refractivity contribution is 7.71. The summed E-state index contributed by atoms with van der Waals surface area (Å²) in [4.78, 5) is 0. The third kappa shape index (κ3) is 3.36. The fraction of sp³-hybridized carbons (Fsp3) is 0.211. The fourth-order valence-corrected chi connectivity index (χ4v) is 2.99. The number of aryl methyl sites for hydroxylation is 2. The predicted molar refractivity (Wildman–Crippen MR) is 97.8 cm³/mol. The van der Waals surface area contributed by atoms with E-state index in [4.69, 9.17) is 21.7 Å². The fourth-order valence-electron chi connectivity index (χ4n) is 2.67. The molecule has 2 aromatic carbocycles. The first-order valence-corrected chi connectivity index (χ1v) is 8.18. The van der Waals surface area contributed by atoms with Crippen molar-refractivity contribution in [2.45, 2.75) is 13.0 Å². The van der Waals surface area contributed by atoms with Crippen LogP contribution in [0.25, 0.3) is 5.69 Å². The van der Waals surface area contributed by atoms with Crippen LogP contribution in [0.1, 0.15) is 5.56 Å². The molecule has 3 aromatic rings. The number of imidazole rings is 1. The third-order valence-electron chi connectivity index (χ3n) is 4.00. The van der Waals surface area contributed by atoms with Crippen molar-refractivity contribution < 1.29 is 9.47 Å². The Hall–Kier alpha value is -2.53. The van der Waals surface area contributed by atoms with Crippen LogP contribution in [0.15, 0.2) is 60.9 Å². The average Bonchev–Trinajstić information content (AvgIpc) is 3.01. The van der Waals surface area contributed by atoms with E-state index in [1.807, 2.05) is 65.5 Å². The molecule has 0 fully saturated rings. The summed E-state index contributed by atoms with van der Waals surface area (Å²) < 4.78 is 15.6. The van der Waals surface area contributed by atoms with Crippen LogP contribution >= 0.6 is 12.2 Å². The third-order valence-corrected chi connectivity index (χ3v) is 4.43. The second-order valence-electron chi connectivity index (χ2n) is 5.41. The van der Waals surface area contributed by atoms with Crippen molar-refractivity contribution in [2.75, 3.05) is 14.2 Å². The highest BCUT2D eigenvalue weighted by Gasteiger charge is 2.07. The van der Waals surface area contributed by atoms with Crippen molar-refractivity contribution >= 4 is 12.2 Å².